The normalized spacial score (nSPS) is 16.9. The van der Waals surface area contributed by atoms with Crippen LogP contribution in [0.25, 0.3) is 0 Å². The lowest BCUT2D eigenvalue weighted by Gasteiger charge is -2.24. The molecule has 0 amide bonds. The van der Waals surface area contributed by atoms with Gasteiger partial charge in [0.25, 0.3) is 0 Å². The molecule has 18 heavy (non-hydrogen) atoms. The van der Waals surface area contributed by atoms with Crippen molar-refractivity contribution in [3.8, 4) is 0 Å². The van der Waals surface area contributed by atoms with Gasteiger partial charge < -0.3 is 10.1 Å². The highest BCUT2D eigenvalue weighted by atomic mass is 16.5. The van der Waals surface area contributed by atoms with Gasteiger partial charge in [0, 0.05) is 0 Å². The van der Waals surface area contributed by atoms with E-state index in [2.05, 4.69) is 43.4 Å². The molecule has 0 aliphatic carbocycles. The SMILES string of the molecule is CNC(Cc1cc(C)ccc1C)C1=CCCCO1. The van der Waals surface area contributed by atoms with Crippen molar-refractivity contribution in [2.24, 2.45) is 0 Å². The number of aryl methyl sites for hydroxylation is 2. The quantitative estimate of drug-likeness (QED) is 0.880. The van der Waals surface area contributed by atoms with E-state index in [1.54, 1.807) is 0 Å². The van der Waals surface area contributed by atoms with E-state index in [1.165, 1.54) is 16.7 Å². The highest BCUT2D eigenvalue weighted by Gasteiger charge is 2.17. The molecule has 0 bridgehead atoms. The van der Waals surface area contributed by atoms with Crippen LogP contribution in [0.3, 0.4) is 0 Å². The molecule has 1 N–H and O–H groups in total. The number of likely N-dealkylation sites (N-methyl/N-ethyl adjacent to an activating group) is 1. The lowest BCUT2D eigenvalue weighted by molar-refractivity contribution is 0.169. The molecule has 0 saturated heterocycles. The van der Waals surface area contributed by atoms with Gasteiger partial charge in [0.1, 0.15) is 5.76 Å². The fourth-order valence-corrected chi connectivity index (χ4v) is 2.40. The summed E-state index contributed by atoms with van der Waals surface area (Å²) in [4.78, 5) is 0. The molecular weight excluding hydrogens is 222 g/mol. The summed E-state index contributed by atoms with van der Waals surface area (Å²) in [6.45, 7) is 5.18. The third-order valence-corrected chi connectivity index (χ3v) is 3.58. The van der Waals surface area contributed by atoms with E-state index in [1.807, 2.05) is 7.05 Å². The van der Waals surface area contributed by atoms with Crippen molar-refractivity contribution in [2.45, 2.75) is 39.2 Å². The van der Waals surface area contributed by atoms with E-state index in [-0.39, 0.29) is 0 Å². The lowest BCUT2D eigenvalue weighted by atomic mass is 9.97. The summed E-state index contributed by atoms with van der Waals surface area (Å²) >= 11 is 0. The zero-order valence-corrected chi connectivity index (χ0v) is 11.6. The Labute approximate surface area is 110 Å². The molecule has 98 valence electrons. The van der Waals surface area contributed by atoms with E-state index in [0.717, 1.165) is 31.6 Å². The molecular formula is C16H23NO. The minimum absolute atomic E-state index is 0.297. The smallest absolute Gasteiger partial charge is 0.109 e. The van der Waals surface area contributed by atoms with E-state index in [0.29, 0.717) is 6.04 Å². The summed E-state index contributed by atoms with van der Waals surface area (Å²) in [5.74, 6) is 1.12. The average Bonchev–Trinajstić information content (AvgIpc) is 2.41. The van der Waals surface area contributed by atoms with Gasteiger partial charge in [-0.15, -0.1) is 0 Å². The highest BCUT2D eigenvalue weighted by Crippen LogP contribution is 2.19. The van der Waals surface area contributed by atoms with Crippen LogP contribution in [-0.2, 0) is 11.2 Å². The Morgan fingerprint density at radius 1 is 1.33 bits per heavy atom. The summed E-state index contributed by atoms with van der Waals surface area (Å²) < 4.78 is 5.77. The lowest BCUT2D eigenvalue weighted by Crippen LogP contribution is -2.32. The molecule has 1 atom stereocenters. The van der Waals surface area contributed by atoms with Crippen LogP contribution in [0.5, 0.6) is 0 Å². The number of benzene rings is 1. The molecule has 1 aromatic carbocycles. The number of hydrogen-bond acceptors (Lipinski definition) is 2. The summed E-state index contributed by atoms with van der Waals surface area (Å²) in [7, 11) is 2.01. The van der Waals surface area contributed by atoms with E-state index < -0.39 is 0 Å². The van der Waals surface area contributed by atoms with Gasteiger partial charge in [-0.3, -0.25) is 0 Å². The van der Waals surface area contributed by atoms with Gasteiger partial charge in [-0.2, -0.15) is 0 Å². The molecule has 1 unspecified atom stereocenters. The maximum absolute atomic E-state index is 5.77. The van der Waals surface area contributed by atoms with Crippen LogP contribution in [0.15, 0.2) is 30.0 Å². The van der Waals surface area contributed by atoms with Gasteiger partial charge in [-0.25, -0.2) is 0 Å². The number of nitrogens with one attached hydrogen (secondary N) is 1. The number of ether oxygens (including phenoxy) is 1. The molecule has 0 spiro atoms. The fourth-order valence-electron chi connectivity index (χ4n) is 2.40. The Balaban J connectivity index is 2.14. The molecule has 1 aliphatic heterocycles. The Hall–Kier alpha value is -1.28. The molecule has 0 fully saturated rings. The van der Waals surface area contributed by atoms with E-state index >= 15 is 0 Å². The molecule has 1 aromatic rings. The van der Waals surface area contributed by atoms with Crippen LogP contribution in [-0.4, -0.2) is 19.7 Å². The summed E-state index contributed by atoms with van der Waals surface area (Å²) in [5, 5.41) is 3.37. The summed E-state index contributed by atoms with van der Waals surface area (Å²) in [5.41, 5.74) is 4.09. The minimum Gasteiger partial charge on any atom is -0.497 e. The van der Waals surface area contributed by atoms with Gasteiger partial charge in [-0.1, -0.05) is 23.8 Å². The van der Waals surface area contributed by atoms with Crippen molar-refractivity contribution in [1.29, 1.82) is 0 Å². The van der Waals surface area contributed by atoms with Crippen molar-refractivity contribution in [3.05, 3.63) is 46.7 Å². The van der Waals surface area contributed by atoms with Crippen molar-refractivity contribution >= 4 is 0 Å². The Morgan fingerprint density at radius 2 is 2.17 bits per heavy atom. The standard InChI is InChI=1S/C16H23NO/c1-12-7-8-13(2)14(10-12)11-15(17-3)16-6-4-5-9-18-16/h6-8,10,15,17H,4-5,9,11H2,1-3H3. The first-order chi connectivity index (χ1) is 8.70. The number of rotatable bonds is 4. The maximum Gasteiger partial charge on any atom is 0.109 e. The Bertz CT molecular complexity index is 437. The second-order valence-corrected chi connectivity index (χ2v) is 5.07. The molecule has 2 rings (SSSR count). The second-order valence-electron chi connectivity index (χ2n) is 5.07. The zero-order chi connectivity index (χ0) is 13.0. The topological polar surface area (TPSA) is 21.3 Å². The van der Waals surface area contributed by atoms with Crippen LogP contribution < -0.4 is 5.32 Å². The molecule has 0 radical (unpaired) electrons. The first-order valence-electron chi connectivity index (χ1n) is 6.77. The number of hydrogen-bond donors (Lipinski definition) is 1. The molecule has 1 heterocycles. The molecule has 0 aromatic heterocycles. The first kappa shape index (κ1) is 13.2. The Morgan fingerprint density at radius 3 is 2.83 bits per heavy atom. The van der Waals surface area contributed by atoms with Crippen molar-refractivity contribution in [1.82, 2.24) is 5.32 Å². The van der Waals surface area contributed by atoms with Gasteiger partial charge in [0.05, 0.1) is 12.6 Å². The predicted octanol–water partition coefficient (Wildman–Crippen LogP) is 3.13. The monoisotopic (exact) mass is 245 g/mol. The third-order valence-electron chi connectivity index (χ3n) is 3.58. The first-order valence-corrected chi connectivity index (χ1v) is 6.77. The van der Waals surface area contributed by atoms with Crippen molar-refractivity contribution in [3.63, 3.8) is 0 Å². The Kier molecular flexibility index (Phi) is 4.43. The van der Waals surface area contributed by atoms with Crippen LogP contribution in [0.1, 0.15) is 29.5 Å². The zero-order valence-electron chi connectivity index (χ0n) is 11.6. The van der Waals surface area contributed by atoms with Gasteiger partial charge in [0.2, 0.25) is 0 Å². The van der Waals surface area contributed by atoms with E-state index in [4.69, 9.17) is 4.74 Å². The minimum atomic E-state index is 0.297. The predicted molar refractivity (Wildman–Crippen MR) is 75.7 cm³/mol. The summed E-state index contributed by atoms with van der Waals surface area (Å²) in [6.07, 6.45) is 5.51. The molecule has 1 aliphatic rings. The van der Waals surface area contributed by atoms with Crippen LogP contribution in [0.2, 0.25) is 0 Å². The average molecular weight is 245 g/mol. The van der Waals surface area contributed by atoms with Gasteiger partial charge in [0.15, 0.2) is 0 Å². The largest absolute Gasteiger partial charge is 0.497 e. The third kappa shape index (κ3) is 3.14. The van der Waals surface area contributed by atoms with Gasteiger partial charge in [-0.05, 0) is 57.4 Å². The van der Waals surface area contributed by atoms with Crippen LogP contribution in [0.4, 0.5) is 0 Å². The van der Waals surface area contributed by atoms with Gasteiger partial charge >= 0.3 is 0 Å². The van der Waals surface area contributed by atoms with Crippen LogP contribution in [0, 0.1) is 13.8 Å². The van der Waals surface area contributed by atoms with Crippen LogP contribution >= 0.6 is 0 Å². The summed E-state index contributed by atoms with van der Waals surface area (Å²) in [6, 6.07) is 6.95. The fraction of sp³-hybridized carbons (Fsp3) is 0.500. The maximum atomic E-state index is 5.77. The molecule has 0 saturated carbocycles. The van der Waals surface area contributed by atoms with E-state index in [9.17, 15) is 0 Å². The second kappa shape index (κ2) is 6.05. The highest BCUT2D eigenvalue weighted by molar-refractivity contribution is 5.32. The molecule has 2 nitrogen and oxygen atoms in total. The van der Waals surface area contributed by atoms with Crippen molar-refractivity contribution in [2.75, 3.05) is 13.7 Å². The number of allylic oxidation sites excluding steroid dienone is 1. The molecule has 2 heteroatoms. The van der Waals surface area contributed by atoms with Crippen molar-refractivity contribution < 1.29 is 4.74 Å².